The van der Waals surface area contributed by atoms with E-state index in [2.05, 4.69) is 0 Å². The molecule has 0 spiro atoms. The van der Waals surface area contributed by atoms with Crippen molar-refractivity contribution in [2.24, 2.45) is 0 Å². The molecule has 168 valence electrons. The number of ether oxygens (including phenoxy) is 3. The van der Waals surface area contributed by atoms with Gasteiger partial charge < -0.3 is 34.6 Å². The number of aliphatic hydroxyl groups excluding tert-OH is 1. The van der Waals surface area contributed by atoms with E-state index in [0.717, 1.165) is 0 Å². The van der Waals surface area contributed by atoms with Gasteiger partial charge in [-0.3, -0.25) is 14.4 Å². The van der Waals surface area contributed by atoms with E-state index in [1.54, 1.807) is 6.92 Å². The lowest BCUT2D eigenvalue weighted by Gasteiger charge is -2.52. The number of aliphatic hydroxyl groups is 2. The van der Waals surface area contributed by atoms with Crippen LogP contribution in [0.2, 0.25) is 0 Å². The van der Waals surface area contributed by atoms with E-state index < -0.39 is 82.4 Å². The van der Waals surface area contributed by atoms with E-state index >= 15 is 0 Å². The molecule has 6 aliphatic rings. The lowest BCUT2D eigenvalue weighted by atomic mass is 9.66. The Bertz CT molecular complexity index is 1170. The predicted octanol–water partition coefficient (Wildman–Crippen LogP) is 0.288. The molecule has 4 heterocycles. The summed E-state index contributed by atoms with van der Waals surface area (Å²) >= 11 is 0. The van der Waals surface area contributed by atoms with Gasteiger partial charge in [0.2, 0.25) is 0 Å². The molecule has 4 aliphatic heterocycles. The quantitative estimate of drug-likeness (QED) is 0.323. The summed E-state index contributed by atoms with van der Waals surface area (Å²) in [7, 11) is 0. The number of hydrogen-bond donors (Lipinski definition) is 4. The predicted molar refractivity (Wildman–Crippen MR) is 102 cm³/mol. The largest absolute Gasteiger partial charge is 0.507 e. The van der Waals surface area contributed by atoms with Crippen LogP contribution in [0.1, 0.15) is 64.6 Å². The van der Waals surface area contributed by atoms with Gasteiger partial charge in [0.25, 0.3) is 0 Å². The Labute approximate surface area is 181 Å². The van der Waals surface area contributed by atoms with Gasteiger partial charge in [-0.2, -0.15) is 0 Å². The molecule has 3 unspecified atom stereocenters. The van der Waals surface area contributed by atoms with Gasteiger partial charge in [-0.1, -0.05) is 0 Å². The van der Waals surface area contributed by atoms with Gasteiger partial charge in [-0.05, 0) is 13.8 Å². The van der Waals surface area contributed by atoms with Crippen LogP contribution in [0.15, 0.2) is 11.1 Å². The van der Waals surface area contributed by atoms with Crippen molar-refractivity contribution in [3.63, 3.8) is 0 Å². The number of Topliss-reactive ketones (excluding diaryl/α,β-unsaturated/α-hetero) is 2. The summed E-state index contributed by atoms with van der Waals surface area (Å²) in [6.45, 7) is 3.06. The van der Waals surface area contributed by atoms with Gasteiger partial charge >= 0.3 is 5.97 Å². The molecule has 1 aromatic carbocycles. The minimum Gasteiger partial charge on any atom is -0.507 e. The highest BCUT2D eigenvalue weighted by atomic mass is 16.6. The molecule has 7 atom stereocenters. The van der Waals surface area contributed by atoms with Crippen LogP contribution in [0.3, 0.4) is 0 Å². The molecule has 2 bridgehead atoms. The minimum absolute atomic E-state index is 0.0302. The number of carbonyl (C=O) groups excluding carboxylic acids is 3. The van der Waals surface area contributed by atoms with Crippen molar-refractivity contribution in [2.45, 2.75) is 68.9 Å². The zero-order valence-electron chi connectivity index (χ0n) is 17.1. The SMILES string of the molecule is CC1O[C@H]2CC(=O)O[C@H]2C2=C1C(=O)c1c(O)c3c(c(O)c1C2=O)[C@@H]1CC(O)C3(O)[C@@H](C)O1. The summed E-state index contributed by atoms with van der Waals surface area (Å²) in [6.07, 6.45) is -5.98. The Morgan fingerprint density at radius 2 is 1.62 bits per heavy atom. The minimum atomic E-state index is -2.08. The third-order valence-corrected chi connectivity index (χ3v) is 7.41. The maximum atomic E-state index is 13.6. The maximum Gasteiger partial charge on any atom is 0.309 e. The lowest BCUT2D eigenvalue weighted by Crippen LogP contribution is -2.58. The van der Waals surface area contributed by atoms with Crippen LogP contribution in [0.5, 0.6) is 11.5 Å². The summed E-state index contributed by atoms with van der Waals surface area (Å²) in [5, 5.41) is 44.1. The van der Waals surface area contributed by atoms with Gasteiger partial charge in [-0.25, -0.2) is 0 Å². The van der Waals surface area contributed by atoms with E-state index in [-0.39, 0.29) is 35.1 Å². The number of carbonyl (C=O) groups is 3. The molecule has 2 saturated heterocycles. The van der Waals surface area contributed by atoms with Crippen LogP contribution < -0.4 is 0 Å². The number of phenolic OH excluding ortho intramolecular Hbond substituents is 2. The number of fused-ring (bicyclic) bond motifs is 5. The van der Waals surface area contributed by atoms with Crippen LogP contribution in [0.25, 0.3) is 0 Å². The van der Waals surface area contributed by atoms with Gasteiger partial charge in [0.05, 0.1) is 47.5 Å². The molecular weight excluding hydrogens is 424 g/mol. The molecule has 10 nitrogen and oxygen atoms in total. The topological polar surface area (TPSA) is 160 Å². The first-order valence-corrected chi connectivity index (χ1v) is 10.4. The summed E-state index contributed by atoms with van der Waals surface area (Å²) in [4.78, 5) is 39.0. The Morgan fingerprint density at radius 3 is 2.31 bits per heavy atom. The number of aromatic hydroxyl groups is 2. The molecule has 0 aromatic heterocycles. The molecule has 2 fully saturated rings. The molecule has 7 rings (SSSR count). The van der Waals surface area contributed by atoms with E-state index in [1.807, 2.05) is 0 Å². The Hall–Kier alpha value is -2.79. The van der Waals surface area contributed by atoms with Gasteiger partial charge in [0, 0.05) is 23.1 Å². The highest BCUT2D eigenvalue weighted by molar-refractivity contribution is 6.30. The smallest absolute Gasteiger partial charge is 0.309 e. The second-order valence-electron chi connectivity index (χ2n) is 9.00. The second kappa shape index (κ2) is 5.96. The van der Waals surface area contributed by atoms with Crippen molar-refractivity contribution in [1.29, 1.82) is 0 Å². The lowest BCUT2D eigenvalue weighted by molar-refractivity contribution is -0.246. The number of phenols is 2. The Kier molecular flexibility index (Phi) is 3.70. The molecule has 10 heteroatoms. The van der Waals surface area contributed by atoms with Crippen LogP contribution in [0, 0.1) is 0 Å². The normalized spacial score (nSPS) is 39.4. The number of benzene rings is 1. The molecule has 0 saturated carbocycles. The molecule has 0 radical (unpaired) electrons. The van der Waals surface area contributed by atoms with Gasteiger partial charge in [0.1, 0.15) is 23.2 Å². The first-order valence-electron chi connectivity index (χ1n) is 10.4. The van der Waals surface area contributed by atoms with E-state index in [0.29, 0.717) is 0 Å². The fourth-order valence-corrected chi connectivity index (χ4v) is 5.95. The fraction of sp³-hybridized carbons (Fsp3) is 0.500. The highest BCUT2D eigenvalue weighted by Crippen LogP contribution is 2.59. The molecule has 2 aliphatic carbocycles. The van der Waals surface area contributed by atoms with Crippen LogP contribution in [0.4, 0.5) is 0 Å². The summed E-state index contributed by atoms with van der Waals surface area (Å²) < 4.78 is 16.7. The molecule has 32 heavy (non-hydrogen) atoms. The average molecular weight is 444 g/mol. The second-order valence-corrected chi connectivity index (χ2v) is 9.00. The summed E-state index contributed by atoms with van der Waals surface area (Å²) in [5.41, 5.74) is -3.36. The van der Waals surface area contributed by atoms with Gasteiger partial charge in [0.15, 0.2) is 17.7 Å². The molecule has 0 amide bonds. The number of esters is 1. The zero-order chi connectivity index (χ0) is 22.9. The highest BCUT2D eigenvalue weighted by Gasteiger charge is 2.60. The first kappa shape index (κ1) is 19.9. The zero-order valence-corrected chi connectivity index (χ0v) is 17.1. The summed E-state index contributed by atoms with van der Waals surface area (Å²) in [6, 6.07) is 0. The summed E-state index contributed by atoms with van der Waals surface area (Å²) in [5.74, 6) is -3.38. The van der Waals surface area contributed by atoms with E-state index in [1.165, 1.54) is 6.92 Å². The standard InChI is InChI=1S/C22H20O10/c1-5-11-15(21-8(30-5)4-10(24)32-21)19(27)13-14(17(11)25)20(28)16-12(18(13)26)7-3-9(23)22(16,29)6(2)31-7/h5-9,21,23,26,28-29H,3-4H2,1-2H3/t5?,6-,7+,8+,9?,21-,22?/m1/s1. The van der Waals surface area contributed by atoms with E-state index in [4.69, 9.17) is 14.2 Å². The Morgan fingerprint density at radius 1 is 0.969 bits per heavy atom. The van der Waals surface area contributed by atoms with Crippen molar-refractivity contribution in [1.82, 2.24) is 0 Å². The fourth-order valence-electron chi connectivity index (χ4n) is 5.95. The third-order valence-electron chi connectivity index (χ3n) is 7.41. The van der Waals surface area contributed by atoms with Crippen molar-refractivity contribution >= 4 is 17.5 Å². The number of rotatable bonds is 0. The molecular formula is C22H20O10. The van der Waals surface area contributed by atoms with Crippen LogP contribution in [-0.2, 0) is 24.6 Å². The van der Waals surface area contributed by atoms with Crippen molar-refractivity contribution < 1.29 is 49.0 Å². The van der Waals surface area contributed by atoms with Crippen LogP contribution >= 0.6 is 0 Å². The van der Waals surface area contributed by atoms with Gasteiger partial charge in [-0.15, -0.1) is 0 Å². The number of hydrogen-bond acceptors (Lipinski definition) is 10. The van der Waals surface area contributed by atoms with Crippen molar-refractivity contribution in [2.75, 3.05) is 0 Å². The maximum absolute atomic E-state index is 13.6. The monoisotopic (exact) mass is 444 g/mol. The van der Waals surface area contributed by atoms with Crippen molar-refractivity contribution in [3.8, 4) is 11.5 Å². The first-order chi connectivity index (χ1) is 15.1. The van der Waals surface area contributed by atoms with Crippen molar-refractivity contribution in [3.05, 3.63) is 33.4 Å². The average Bonchev–Trinajstić information content (AvgIpc) is 3.09. The molecule has 4 N–H and O–H groups in total. The Balaban J connectivity index is 1.64. The van der Waals surface area contributed by atoms with Crippen LogP contribution in [-0.4, -0.2) is 68.5 Å². The molecule has 1 aromatic rings. The number of ketones is 2. The third kappa shape index (κ3) is 2.06. The van der Waals surface area contributed by atoms with E-state index in [9.17, 15) is 34.8 Å².